The van der Waals surface area contributed by atoms with Crippen LogP contribution >= 0.6 is 11.6 Å². The van der Waals surface area contributed by atoms with Crippen molar-refractivity contribution in [2.75, 3.05) is 31.1 Å². The normalized spacial score (nSPS) is 14.4. The second-order valence-corrected chi connectivity index (χ2v) is 7.06. The topological polar surface area (TPSA) is 63.1 Å². The lowest BCUT2D eigenvalue weighted by molar-refractivity contribution is -0.130. The van der Waals surface area contributed by atoms with Crippen LogP contribution in [0.5, 0.6) is 0 Å². The minimum atomic E-state index is 0.124. The molecule has 3 aromatic rings. The summed E-state index contributed by atoms with van der Waals surface area (Å²) in [6, 6.07) is 15.6. The Hall–Kier alpha value is -2.97. The van der Waals surface area contributed by atoms with Gasteiger partial charge in [0, 0.05) is 43.3 Å². The van der Waals surface area contributed by atoms with Crippen LogP contribution in [0.4, 0.5) is 5.69 Å². The molecule has 1 aliphatic heterocycles. The van der Waals surface area contributed by atoms with Gasteiger partial charge in [-0.25, -0.2) is 0 Å². The molecule has 0 aliphatic carbocycles. The van der Waals surface area contributed by atoms with Gasteiger partial charge in [-0.3, -0.25) is 4.79 Å². The van der Waals surface area contributed by atoms with Crippen LogP contribution in [0.3, 0.4) is 0 Å². The fraction of sp³-hybridized carbons (Fsp3) is 0.238. The number of amides is 1. The molecule has 0 radical (unpaired) electrons. The minimum Gasteiger partial charge on any atom is -0.366 e. The van der Waals surface area contributed by atoms with Crippen LogP contribution in [0.1, 0.15) is 11.1 Å². The molecule has 1 aliphatic rings. The lowest BCUT2D eigenvalue weighted by Crippen LogP contribution is -2.49. The summed E-state index contributed by atoms with van der Waals surface area (Å²) in [6.45, 7) is 2.57. The fourth-order valence-corrected chi connectivity index (χ4v) is 3.95. The van der Waals surface area contributed by atoms with Gasteiger partial charge in [0.15, 0.2) is 0 Å². The van der Waals surface area contributed by atoms with Crippen molar-refractivity contribution < 1.29 is 4.79 Å². The Kier molecular flexibility index (Phi) is 4.74. The van der Waals surface area contributed by atoms with E-state index in [0.717, 1.165) is 22.2 Å². The molecule has 0 bridgehead atoms. The van der Waals surface area contributed by atoms with Gasteiger partial charge in [0.25, 0.3) is 0 Å². The number of halogens is 1. The Labute approximate surface area is 162 Å². The summed E-state index contributed by atoms with van der Waals surface area (Å²) in [5.41, 5.74) is 3.41. The standard InChI is InChI=1S/C21H19ClN4O/c22-18-6-3-4-15(13-23)21(18)26-10-8-25(9-11-26)20(27)12-16-14-24-19-7-2-1-5-17(16)19/h1-7,14,24H,8-12H2. The summed E-state index contributed by atoms with van der Waals surface area (Å²) in [6.07, 6.45) is 2.31. The number of nitriles is 1. The Morgan fingerprint density at radius 3 is 2.67 bits per heavy atom. The van der Waals surface area contributed by atoms with Gasteiger partial charge < -0.3 is 14.8 Å². The van der Waals surface area contributed by atoms with E-state index in [-0.39, 0.29) is 5.91 Å². The van der Waals surface area contributed by atoms with Crippen LogP contribution in [0.2, 0.25) is 5.02 Å². The number of carbonyl (C=O) groups is 1. The maximum atomic E-state index is 12.8. The number of nitrogens with zero attached hydrogens (tertiary/aromatic N) is 3. The van der Waals surface area contributed by atoms with Crippen molar-refractivity contribution in [3.63, 3.8) is 0 Å². The van der Waals surface area contributed by atoms with E-state index < -0.39 is 0 Å². The van der Waals surface area contributed by atoms with Gasteiger partial charge in [0.05, 0.1) is 22.7 Å². The smallest absolute Gasteiger partial charge is 0.227 e. The zero-order valence-corrected chi connectivity index (χ0v) is 15.5. The number of H-pyrrole nitrogens is 1. The molecule has 1 fully saturated rings. The van der Waals surface area contributed by atoms with Crippen molar-refractivity contribution in [2.45, 2.75) is 6.42 Å². The Bertz CT molecular complexity index is 1030. The summed E-state index contributed by atoms with van der Waals surface area (Å²) < 4.78 is 0. The third-order valence-corrected chi connectivity index (χ3v) is 5.38. The average Bonchev–Trinajstić information content (AvgIpc) is 3.11. The Morgan fingerprint density at radius 1 is 1.11 bits per heavy atom. The highest BCUT2D eigenvalue weighted by molar-refractivity contribution is 6.33. The maximum Gasteiger partial charge on any atom is 0.227 e. The molecular formula is C21H19ClN4O. The third kappa shape index (κ3) is 3.36. The summed E-state index contributed by atoms with van der Waals surface area (Å²) >= 11 is 6.31. The number of piperazine rings is 1. The summed E-state index contributed by atoms with van der Waals surface area (Å²) in [4.78, 5) is 20.0. The van der Waals surface area contributed by atoms with Crippen LogP contribution in [0, 0.1) is 11.3 Å². The van der Waals surface area contributed by atoms with Crippen LogP contribution in [-0.4, -0.2) is 42.0 Å². The zero-order chi connectivity index (χ0) is 18.8. The molecule has 2 heterocycles. The monoisotopic (exact) mass is 378 g/mol. The average molecular weight is 379 g/mol. The number of para-hydroxylation sites is 2. The molecule has 1 aromatic heterocycles. The van der Waals surface area contributed by atoms with Gasteiger partial charge in [-0.2, -0.15) is 5.26 Å². The molecule has 4 rings (SSSR count). The molecule has 136 valence electrons. The van der Waals surface area contributed by atoms with E-state index in [1.807, 2.05) is 35.4 Å². The number of rotatable bonds is 3. The number of aromatic amines is 1. The van der Waals surface area contributed by atoms with E-state index in [1.54, 1.807) is 18.2 Å². The first-order valence-electron chi connectivity index (χ1n) is 8.93. The van der Waals surface area contributed by atoms with Crippen LogP contribution < -0.4 is 4.90 Å². The first kappa shape index (κ1) is 17.4. The Morgan fingerprint density at radius 2 is 1.89 bits per heavy atom. The summed E-state index contributed by atoms with van der Waals surface area (Å²) in [7, 11) is 0. The lowest BCUT2D eigenvalue weighted by atomic mass is 10.1. The van der Waals surface area contributed by atoms with Crippen molar-refractivity contribution in [2.24, 2.45) is 0 Å². The number of hydrogen-bond acceptors (Lipinski definition) is 3. The van der Waals surface area contributed by atoms with Gasteiger partial charge in [0.2, 0.25) is 5.91 Å². The number of aromatic nitrogens is 1. The lowest BCUT2D eigenvalue weighted by Gasteiger charge is -2.36. The highest BCUT2D eigenvalue weighted by Crippen LogP contribution is 2.30. The molecule has 27 heavy (non-hydrogen) atoms. The van der Waals surface area contributed by atoms with Gasteiger partial charge >= 0.3 is 0 Å². The van der Waals surface area contributed by atoms with E-state index >= 15 is 0 Å². The predicted octanol–water partition coefficient (Wildman–Crippen LogP) is 3.58. The van der Waals surface area contributed by atoms with Gasteiger partial charge in [-0.05, 0) is 23.8 Å². The zero-order valence-electron chi connectivity index (χ0n) is 14.8. The van der Waals surface area contributed by atoms with Crippen molar-refractivity contribution in [1.29, 1.82) is 5.26 Å². The number of carbonyl (C=O) groups excluding carboxylic acids is 1. The molecule has 6 heteroatoms. The van der Waals surface area contributed by atoms with E-state index in [9.17, 15) is 10.1 Å². The quantitative estimate of drug-likeness (QED) is 0.757. The van der Waals surface area contributed by atoms with Crippen molar-refractivity contribution in [3.8, 4) is 6.07 Å². The van der Waals surface area contributed by atoms with Gasteiger partial charge in [0.1, 0.15) is 6.07 Å². The van der Waals surface area contributed by atoms with Gasteiger partial charge in [-0.1, -0.05) is 35.9 Å². The SMILES string of the molecule is N#Cc1cccc(Cl)c1N1CCN(C(=O)Cc2c[nH]c3ccccc23)CC1. The number of fused-ring (bicyclic) bond motifs is 1. The molecule has 1 amide bonds. The molecule has 0 atom stereocenters. The summed E-state index contributed by atoms with van der Waals surface area (Å²) in [5, 5.41) is 11.0. The third-order valence-electron chi connectivity index (χ3n) is 5.07. The summed E-state index contributed by atoms with van der Waals surface area (Å²) in [5.74, 6) is 0.124. The van der Waals surface area contributed by atoms with E-state index in [2.05, 4.69) is 16.0 Å². The van der Waals surface area contributed by atoms with E-state index in [4.69, 9.17) is 11.6 Å². The second kappa shape index (κ2) is 7.34. The molecule has 1 saturated heterocycles. The number of nitrogens with one attached hydrogen (secondary N) is 1. The van der Waals surface area contributed by atoms with E-state index in [0.29, 0.717) is 43.2 Å². The predicted molar refractivity (Wildman–Crippen MR) is 107 cm³/mol. The molecule has 5 nitrogen and oxygen atoms in total. The number of anilines is 1. The molecule has 0 unspecified atom stereocenters. The molecular weight excluding hydrogens is 360 g/mol. The first-order valence-corrected chi connectivity index (χ1v) is 9.31. The van der Waals surface area contributed by atoms with Crippen LogP contribution in [0.25, 0.3) is 10.9 Å². The molecule has 0 saturated carbocycles. The minimum absolute atomic E-state index is 0.124. The fourth-order valence-electron chi connectivity index (χ4n) is 3.66. The van der Waals surface area contributed by atoms with Crippen LogP contribution in [0.15, 0.2) is 48.7 Å². The highest BCUT2D eigenvalue weighted by Gasteiger charge is 2.24. The molecule has 0 spiro atoms. The largest absolute Gasteiger partial charge is 0.366 e. The number of benzene rings is 2. The molecule has 2 aromatic carbocycles. The Balaban J connectivity index is 1.44. The number of hydrogen-bond donors (Lipinski definition) is 1. The first-order chi connectivity index (χ1) is 13.2. The highest BCUT2D eigenvalue weighted by atomic mass is 35.5. The van der Waals surface area contributed by atoms with Crippen molar-refractivity contribution in [1.82, 2.24) is 9.88 Å². The van der Waals surface area contributed by atoms with Crippen molar-refractivity contribution in [3.05, 3.63) is 64.8 Å². The van der Waals surface area contributed by atoms with Gasteiger partial charge in [-0.15, -0.1) is 0 Å². The molecule has 1 N–H and O–H groups in total. The maximum absolute atomic E-state index is 12.8. The van der Waals surface area contributed by atoms with Crippen molar-refractivity contribution >= 4 is 34.1 Å². The second-order valence-electron chi connectivity index (χ2n) is 6.65. The van der Waals surface area contributed by atoms with Crippen LogP contribution in [-0.2, 0) is 11.2 Å². The van der Waals surface area contributed by atoms with E-state index in [1.165, 1.54) is 0 Å².